The number of aryl methyl sites for hydroxylation is 2. The normalized spacial score (nSPS) is 13.3. The first-order valence-corrected chi connectivity index (χ1v) is 12.1. The molecular formula is C29H25N2O7+. The minimum absolute atomic E-state index is 0.0382. The zero-order chi connectivity index (χ0) is 26.8. The Bertz CT molecular complexity index is 1540. The lowest BCUT2D eigenvalue weighted by molar-refractivity contribution is -0.617. The first-order valence-electron chi connectivity index (χ1n) is 12.1. The second kappa shape index (κ2) is 10.3. The van der Waals surface area contributed by atoms with Crippen molar-refractivity contribution in [2.24, 2.45) is 7.05 Å². The van der Waals surface area contributed by atoms with Crippen molar-refractivity contribution in [1.29, 1.82) is 0 Å². The molecule has 1 aliphatic heterocycles. The Hall–Kier alpha value is -4.79. The molecule has 3 aromatic carbocycles. The second-order valence-electron chi connectivity index (χ2n) is 8.89. The molecule has 0 aliphatic carbocycles. The molecule has 1 saturated heterocycles. The molecule has 2 amide bonds. The summed E-state index contributed by atoms with van der Waals surface area (Å²) in [5.41, 5.74) is 2.96. The summed E-state index contributed by atoms with van der Waals surface area (Å²) in [6.45, 7) is 0. The number of esters is 1. The summed E-state index contributed by atoms with van der Waals surface area (Å²) < 4.78 is 13.3. The number of para-hydroxylation sites is 2. The van der Waals surface area contributed by atoms with Crippen LogP contribution in [0.2, 0.25) is 0 Å². The SMILES string of the molecule is COc1cc(CCC(=O)ON2C(=O)CCC2=O)ccc1OC(=O)c1c2ccccc2[n+](C)c2ccccc12. The van der Waals surface area contributed by atoms with Crippen LogP contribution in [0.3, 0.4) is 0 Å². The Balaban J connectivity index is 1.36. The smallest absolute Gasteiger partial charge is 0.345 e. The zero-order valence-corrected chi connectivity index (χ0v) is 20.9. The minimum atomic E-state index is -0.695. The molecule has 4 aromatic rings. The lowest BCUT2D eigenvalue weighted by atomic mass is 10.0. The monoisotopic (exact) mass is 513 g/mol. The summed E-state index contributed by atoms with van der Waals surface area (Å²) in [6, 6.07) is 20.3. The van der Waals surface area contributed by atoms with Crippen molar-refractivity contribution in [1.82, 2.24) is 5.06 Å². The molecule has 0 bridgehead atoms. The lowest BCUT2D eigenvalue weighted by Gasteiger charge is -2.14. The molecule has 0 N–H and O–H groups in total. The largest absolute Gasteiger partial charge is 0.493 e. The highest BCUT2D eigenvalue weighted by atomic mass is 16.7. The highest BCUT2D eigenvalue weighted by Crippen LogP contribution is 2.32. The molecule has 0 unspecified atom stereocenters. The number of carbonyl (C=O) groups is 4. The second-order valence-corrected chi connectivity index (χ2v) is 8.89. The quantitative estimate of drug-likeness (QED) is 0.122. The van der Waals surface area contributed by atoms with E-state index in [9.17, 15) is 19.2 Å². The van der Waals surface area contributed by atoms with Gasteiger partial charge in [-0.05, 0) is 36.2 Å². The molecular weight excluding hydrogens is 488 g/mol. The summed E-state index contributed by atoms with van der Waals surface area (Å²) in [4.78, 5) is 53.9. The predicted octanol–water partition coefficient (Wildman–Crippen LogP) is 3.59. The molecule has 0 radical (unpaired) electrons. The van der Waals surface area contributed by atoms with Gasteiger partial charge >= 0.3 is 11.9 Å². The van der Waals surface area contributed by atoms with Crippen LogP contribution in [0.25, 0.3) is 21.8 Å². The van der Waals surface area contributed by atoms with Gasteiger partial charge < -0.3 is 14.3 Å². The van der Waals surface area contributed by atoms with Crippen LogP contribution in [0.5, 0.6) is 11.5 Å². The number of hydroxylamine groups is 2. The van der Waals surface area contributed by atoms with Gasteiger partial charge in [0.15, 0.2) is 11.5 Å². The van der Waals surface area contributed by atoms with Crippen molar-refractivity contribution in [2.75, 3.05) is 7.11 Å². The predicted molar refractivity (Wildman–Crippen MR) is 136 cm³/mol. The third-order valence-corrected chi connectivity index (χ3v) is 6.52. The summed E-state index contributed by atoms with van der Waals surface area (Å²) in [5, 5.41) is 2.06. The highest BCUT2D eigenvalue weighted by molar-refractivity contribution is 6.13. The average molecular weight is 514 g/mol. The van der Waals surface area contributed by atoms with Crippen molar-refractivity contribution in [3.8, 4) is 11.5 Å². The molecule has 38 heavy (non-hydrogen) atoms. The number of methoxy groups -OCH3 is 1. The van der Waals surface area contributed by atoms with Crippen molar-refractivity contribution in [3.05, 3.63) is 77.9 Å². The Kier molecular flexibility index (Phi) is 6.74. The molecule has 1 fully saturated rings. The summed E-state index contributed by atoms with van der Waals surface area (Å²) in [7, 11) is 3.42. The maximum absolute atomic E-state index is 13.5. The first-order chi connectivity index (χ1) is 18.4. The fourth-order valence-corrected chi connectivity index (χ4v) is 4.60. The Labute approximate surface area is 218 Å². The molecule has 1 aromatic heterocycles. The van der Waals surface area contributed by atoms with Crippen LogP contribution in [0.4, 0.5) is 0 Å². The van der Waals surface area contributed by atoms with Gasteiger partial charge in [-0.3, -0.25) is 9.59 Å². The minimum Gasteiger partial charge on any atom is -0.493 e. The van der Waals surface area contributed by atoms with Crippen LogP contribution >= 0.6 is 0 Å². The molecule has 0 saturated carbocycles. The maximum Gasteiger partial charge on any atom is 0.345 e. The van der Waals surface area contributed by atoms with Crippen molar-refractivity contribution >= 4 is 45.6 Å². The summed E-state index contributed by atoms with van der Waals surface area (Å²) >= 11 is 0. The lowest BCUT2D eigenvalue weighted by Crippen LogP contribution is -2.32. The van der Waals surface area contributed by atoms with Gasteiger partial charge in [-0.25, -0.2) is 9.59 Å². The van der Waals surface area contributed by atoms with E-state index in [1.165, 1.54) is 7.11 Å². The Morgan fingerprint density at radius 2 is 1.47 bits per heavy atom. The zero-order valence-electron chi connectivity index (χ0n) is 20.9. The van der Waals surface area contributed by atoms with Crippen LogP contribution in [0.1, 0.15) is 35.2 Å². The number of hydrogen-bond acceptors (Lipinski definition) is 7. The number of pyridine rings is 1. The van der Waals surface area contributed by atoms with Crippen LogP contribution in [0, 0.1) is 0 Å². The van der Waals surface area contributed by atoms with Crippen LogP contribution < -0.4 is 14.0 Å². The van der Waals surface area contributed by atoms with Gasteiger partial charge in [0.2, 0.25) is 11.0 Å². The molecule has 2 heterocycles. The van der Waals surface area contributed by atoms with Crippen molar-refractivity contribution in [3.63, 3.8) is 0 Å². The van der Waals surface area contributed by atoms with E-state index in [1.807, 2.05) is 60.1 Å². The van der Waals surface area contributed by atoms with E-state index in [2.05, 4.69) is 0 Å². The van der Waals surface area contributed by atoms with E-state index >= 15 is 0 Å². The Morgan fingerprint density at radius 1 is 0.868 bits per heavy atom. The first kappa shape index (κ1) is 24.9. The molecule has 0 atom stereocenters. The molecule has 1 aliphatic rings. The van der Waals surface area contributed by atoms with Gasteiger partial charge in [0.25, 0.3) is 11.8 Å². The number of ether oxygens (including phenoxy) is 2. The number of carbonyl (C=O) groups excluding carboxylic acids is 4. The number of fused-ring (bicyclic) bond motifs is 2. The van der Waals surface area contributed by atoms with Crippen LogP contribution in [-0.2, 0) is 32.7 Å². The van der Waals surface area contributed by atoms with Gasteiger partial charge in [0.1, 0.15) is 7.05 Å². The summed E-state index contributed by atoms with van der Waals surface area (Å²) in [6.07, 6.45) is 0.287. The van der Waals surface area contributed by atoms with E-state index in [1.54, 1.807) is 18.2 Å². The summed E-state index contributed by atoms with van der Waals surface area (Å²) in [5.74, 6) is -1.71. The average Bonchev–Trinajstić information content (AvgIpc) is 3.24. The molecule has 9 nitrogen and oxygen atoms in total. The number of rotatable bonds is 7. The van der Waals surface area contributed by atoms with Gasteiger partial charge in [-0.15, -0.1) is 5.06 Å². The number of hydrogen-bond donors (Lipinski definition) is 0. The number of benzene rings is 3. The van der Waals surface area contributed by atoms with Crippen LogP contribution in [-0.4, -0.2) is 35.9 Å². The van der Waals surface area contributed by atoms with Crippen molar-refractivity contribution < 1.29 is 38.1 Å². The molecule has 192 valence electrons. The maximum atomic E-state index is 13.5. The van der Waals surface area contributed by atoms with Gasteiger partial charge in [0.05, 0.1) is 29.9 Å². The molecule has 5 rings (SSSR count). The van der Waals surface area contributed by atoms with E-state index < -0.39 is 23.8 Å². The van der Waals surface area contributed by atoms with E-state index in [4.69, 9.17) is 14.3 Å². The fourth-order valence-electron chi connectivity index (χ4n) is 4.60. The third kappa shape index (κ3) is 4.66. The highest BCUT2D eigenvalue weighted by Gasteiger charge is 2.32. The number of imide groups is 1. The number of aromatic nitrogens is 1. The van der Waals surface area contributed by atoms with E-state index in [0.717, 1.165) is 27.4 Å². The van der Waals surface area contributed by atoms with Crippen molar-refractivity contribution in [2.45, 2.75) is 25.7 Å². The van der Waals surface area contributed by atoms with Gasteiger partial charge in [0, 0.05) is 25.0 Å². The van der Waals surface area contributed by atoms with Gasteiger partial charge in [-0.1, -0.05) is 30.3 Å². The number of nitrogens with zero attached hydrogens (tertiary/aromatic N) is 2. The third-order valence-electron chi connectivity index (χ3n) is 6.52. The topological polar surface area (TPSA) is 103 Å². The van der Waals surface area contributed by atoms with E-state index in [-0.39, 0.29) is 31.4 Å². The fraction of sp³-hybridized carbons (Fsp3) is 0.207. The molecule has 9 heteroatoms. The van der Waals surface area contributed by atoms with Gasteiger partial charge in [-0.2, -0.15) is 4.57 Å². The van der Waals surface area contributed by atoms with Crippen LogP contribution in [0.15, 0.2) is 66.7 Å². The Morgan fingerprint density at radius 3 is 2.08 bits per heavy atom. The molecule has 0 spiro atoms. The standard InChI is InChI=1S/C29H25N2O7/c1-30-21-9-5-3-7-19(21)28(20-8-4-6-10-22(20)30)29(35)37-23-13-11-18(17-24(23)36-2)12-16-27(34)38-31-25(32)14-15-26(31)33/h3-11,13,17H,12,14-16H2,1-2H3/q+1. The van der Waals surface area contributed by atoms with E-state index in [0.29, 0.717) is 16.4 Å². The number of amides is 2.